The average molecular weight is 236 g/mol. The summed E-state index contributed by atoms with van der Waals surface area (Å²) in [6.45, 7) is 4.86. The Morgan fingerprint density at radius 1 is 0.706 bits per heavy atom. The van der Waals surface area contributed by atoms with E-state index in [1.165, 1.54) is 44.9 Å². The Kier molecular flexibility index (Phi) is 5.38. The Morgan fingerprint density at radius 2 is 1.12 bits per heavy atom. The summed E-state index contributed by atoms with van der Waals surface area (Å²) in [6, 6.07) is 0. The minimum absolute atomic E-state index is 0.906. The van der Waals surface area contributed by atoms with E-state index in [1.807, 2.05) is 0 Å². The van der Waals surface area contributed by atoms with E-state index in [9.17, 15) is 0 Å². The van der Waals surface area contributed by atoms with Gasteiger partial charge in [-0.05, 0) is 30.1 Å². The zero-order valence-corrected chi connectivity index (χ0v) is 12.1. The van der Waals surface area contributed by atoms with Gasteiger partial charge >= 0.3 is 0 Å². The topological polar surface area (TPSA) is 0 Å². The molecule has 0 aliphatic heterocycles. The van der Waals surface area contributed by atoms with Crippen molar-refractivity contribution in [1.82, 2.24) is 0 Å². The first-order valence-electron chi connectivity index (χ1n) is 8.27. The van der Waals surface area contributed by atoms with Crippen LogP contribution in [0.1, 0.15) is 84.5 Å². The predicted molar refractivity (Wildman–Crippen MR) is 76.1 cm³/mol. The summed E-state index contributed by atoms with van der Waals surface area (Å²) in [5.41, 5.74) is 0. The van der Waals surface area contributed by atoms with Gasteiger partial charge < -0.3 is 0 Å². The van der Waals surface area contributed by atoms with Crippen molar-refractivity contribution in [3.05, 3.63) is 0 Å². The summed E-state index contributed by atoms with van der Waals surface area (Å²) in [6.07, 6.45) is 16.8. The molecule has 2 saturated carbocycles. The van der Waals surface area contributed by atoms with Crippen molar-refractivity contribution in [3.8, 4) is 0 Å². The monoisotopic (exact) mass is 236 g/mol. The second-order valence-corrected chi connectivity index (χ2v) is 7.09. The Hall–Kier alpha value is 0. The van der Waals surface area contributed by atoms with Gasteiger partial charge in [0.1, 0.15) is 0 Å². The molecule has 0 N–H and O–H groups in total. The zero-order valence-electron chi connectivity index (χ0n) is 12.1. The van der Waals surface area contributed by atoms with Gasteiger partial charge in [-0.3, -0.25) is 0 Å². The van der Waals surface area contributed by atoms with E-state index in [0.29, 0.717) is 0 Å². The molecule has 0 nitrogen and oxygen atoms in total. The maximum Gasteiger partial charge on any atom is -0.0355 e. The van der Waals surface area contributed by atoms with E-state index >= 15 is 0 Å². The summed E-state index contributed by atoms with van der Waals surface area (Å²) in [4.78, 5) is 0. The summed E-state index contributed by atoms with van der Waals surface area (Å²) in [5.74, 6) is 4.17. The van der Waals surface area contributed by atoms with Crippen molar-refractivity contribution in [2.45, 2.75) is 84.5 Å². The van der Waals surface area contributed by atoms with Crippen molar-refractivity contribution < 1.29 is 0 Å². The molecule has 0 spiro atoms. The first-order valence-corrected chi connectivity index (χ1v) is 8.27. The van der Waals surface area contributed by atoms with Crippen LogP contribution in [0, 0.1) is 23.7 Å². The molecule has 2 fully saturated rings. The van der Waals surface area contributed by atoms with Crippen molar-refractivity contribution in [3.63, 3.8) is 0 Å². The van der Waals surface area contributed by atoms with Crippen LogP contribution < -0.4 is 0 Å². The Balaban J connectivity index is 1.95. The Labute approximate surface area is 109 Å². The van der Waals surface area contributed by atoms with Crippen LogP contribution in [0.5, 0.6) is 0 Å². The fourth-order valence-electron chi connectivity index (χ4n) is 4.44. The molecule has 0 aromatic rings. The lowest BCUT2D eigenvalue weighted by Crippen LogP contribution is -2.28. The first kappa shape index (κ1) is 13.4. The number of hydrogen-bond donors (Lipinski definition) is 0. The molecular formula is C17H32. The highest BCUT2D eigenvalue weighted by Gasteiger charge is 2.31. The largest absolute Gasteiger partial charge is 0.0628 e. The van der Waals surface area contributed by atoms with Crippen molar-refractivity contribution in [1.29, 1.82) is 0 Å². The van der Waals surface area contributed by atoms with Gasteiger partial charge in [0.25, 0.3) is 0 Å². The van der Waals surface area contributed by atoms with Crippen LogP contribution >= 0.6 is 0 Å². The highest BCUT2D eigenvalue weighted by molar-refractivity contribution is 4.82. The summed E-state index contributed by atoms with van der Waals surface area (Å²) >= 11 is 0. The number of hydrogen-bond acceptors (Lipinski definition) is 0. The van der Waals surface area contributed by atoms with Gasteiger partial charge in [0.05, 0.1) is 0 Å². The van der Waals surface area contributed by atoms with Gasteiger partial charge in [0.15, 0.2) is 0 Å². The van der Waals surface area contributed by atoms with E-state index in [0.717, 1.165) is 23.7 Å². The molecule has 0 heteroatoms. The lowest BCUT2D eigenvalue weighted by Gasteiger charge is -2.39. The van der Waals surface area contributed by atoms with Crippen LogP contribution in [0.15, 0.2) is 0 Å². The van der Waals surface area contributed by atoms with Crippen LogP contribution in [-0.2, 0) is 0 Å². The predicted octanol–water partition coefficient (Wildman–Crippen LogP) is 5.81. The highest BCUT2D eigenvalue weighted by atomic mass is 14.4. The Bertz CT molecular complexity index is 176. The third kappa shape index (κ3) is 4.00. The molecule has 0 heterocycles. The summed E-state index contributed by atoms with van der Waals surface area (Å²) < 4.78 is 0. The zero-order chi connectivity index (χ0) is 12.1. The van der Waals surface area contributed by atoms with E-state index < -0.39 is 0 Å². The molecule has 0 amide bonds. The molecule has 0 saturated heterocycles. The first-order chi connectivity index (χ1) is 8.27. The molecule has 0 atom stereocenters. The normalized spacial score (nSPS) is 24.7. The highest BCUT2D eigenvalue weighted by Crippen LogP contribution is 2.42. The van der Waals surface area contributed by atoms with Gasteiger partial charge in [-0.2, -0.15) is 0 Å². The molecule has 0 aromatic heterocycles. The quantitative estimate of drug-likeness (QED) is 0.578. The fourth-order valence-corrected chi connectivity index (χ4v) is 4.44. The molecule has 2 aliphatic carbocycles. The van der Waals surface area contributed by atoms with Gasteiger partial charge in [-0.15, -0.1) is 0 Å². The van der Waals surface area contributed by atoms with Crippen molar-refractivity contribution >= 4 is 0 Å². The van der Waals surface area contributed by atoms with E-state index in [-0.39, 0.29) is 0 Å². The maximum absolute atomic E-state index is 2.43. The molecule has 2 rings (SSSR count). The van der Waals surface area contributed by atoms with Gasteiger partial charge in [0.2, 0.25) is 0 Å². The molecular weight excluding hydrogens is 204 g/mol. The molecule has 17 heavy (non-hydrogen) atoms. The third-order valence-electron chi connectivity index (χ3n) is 5.25. The standard InChI is InChI=1S/C17H32/c1-14(2)13-17(15-9-5-3-6-10-15)16-11-7-4-8-12-16/h14-17H,3-13H2,1-2H3. The smallest absolute Gasteiger partial charge is 0.0355 e. The van der Waals surface area contributed by atoms with E-state index in [1.54, 1.807) is 25.7 Å². The molecule has 0 bridgehead atoms. The maximum atomic E-state index is 2.43. The summed E-state index contributed by atoms with van der Waals surface area (Å²) in [5, 5.41) is 0. The van der Waals surface area contributed by atoms with Crippen molar-refractivity contribution in [2.24, 2.45) is 23.7 Å². The van der Waals surface area contributed by atoms with E-state index in [4.69, 9.17) is 0 Å². The second-order valence-electron chi connectivity index (χ2n) is 7.09. The van der Waals surface area contributed by atoms with Crippen LogP contribution in [-0.4, -0.2) is 0 Å². The van der Waals surface area contributed by atoms with Crippen LogP contribution in [0.3, 0.4) is 0 Å². The number of rotatable bonds is 4. The molecule has 100 valence electrons. The fraction of sp³-hybridized carbons (Fsp3) is 1.00. The molecule has 0 unspecified atom stereocenters. The summed E-state index contributed by atoms with van der Waals surface area (Å²) in [7, 11) is 0. The molecule has 0 radical (unpaired) electrons. The minimum Gasteiger partial charge on any atom is -0.0628 e. The van der Waals surface area contributed by atoms with Gasteiger partial charge in [-0.25, -0.2) is 0 Å². The van der Waals surface area contributed by atoms with E-state index in [2.05, 4.69) is 13.8 Å². The molecule has 0 aromatic carbocycles. The van der Waals surface area contributed by atoms with Crippen LogP contribution in [0.4, 0.5) is 0 Å². The molecule has 2 aliphatic rings. The van der Waals surface area contributed by atoms with Crippen LogP contribution in [0.25, 0.3) is 0 Å². The third-order valence-corrected chi connectivity index (χ3v) is 5.25. The average Bonchev–Trinajstić information content (AvgIpc) is 2.38. The SMILES string of the molecule is CC(C)CC(C1CCCCC1)C1CCCCC1. The second kappa shape index (κ2) is 6.81. The van der Waals surface area contributed by atoms with Crippen molar-refractivity contribution in [2.75, 3.05) is 0 Å². The van der Waals surface area contributed by atoms with Gasteiger partial charge in [0, 0.05) is 0 Å². The van der Waals surface area contributed by atoms with Crippen LogP contribution in [0.2, 0.25) is 0 Å². The minimum atomic E-state index is 0.906. The lowest BCUT2D eigenvalue weighted by molar-refractivity contribution is 0.122. The Morgan fingerprint density at radius 3 is 1.47 bits per heavy atom. The van der Waals surface area contributed by atoms with Gasteiger partial charge in [-0.1, -0.05) is 78.1 Å². The lowest BCUT2D eigenvalue weighted by atomic mass is 9.67.